The highest BCUT2D eigenvalue weighted by atomic mass is 16.5. The number of para-hydroxylation sites is 1. The highest BCUT2D eigenvalue weighted by Crippen LogP contribution is 2.30. The Kier molecular flexibility index (Phi) is 8.14. The highest BCUT2D eigenvalue weighted by Gasteiger charge is 2.18. The van der Waals surface area contributed by atoms with Crippen molar-refractivity contribution < 1.29 is 28.5 Å². The molecule has 0 radical (unpaired) electrons. The van der Waals surface area contributed by atoms with Crippen LogP contribution in [0.15, 0.2) is 36.4 Å². The number of hydrogen-bond acceptors (Lipinski definition) is 6. The molecule has 2 aromatic carbocycles. The number of carbonyl (C=O) groups is 2. The number of nitrogens with one attached hydrogen (secondary N) is 2. The van der Waals surface area contributed by atoms with Gasteiger partial charge in [0.1, 0.15) is 0 Å². The number of amides is 2. The first-order valence-corrected chi connectivity index (χ1v) is 9.18. The van der Waals surface area contributed by atoms with E-state index in [-0.39, 0.29) is 11.3 Å². The quantitative estimate of drug-likeness (QED) is 0.495. The normalized spacial score (nSPS) is 10.1. The second-order valence-electron chi connectivity index (χ2n) is 6.02. The van der Waals surface area contributed by atoms with Gasteiger partial charge in [0, 0.05) is 5.56 Å². The van der Waals surface area contributed by atoms with E-state index in [1.165, 1.54) is 21.3 Å². The Morgan fingerprint density at radius 1 is 0.862 bits per heavy atom. The van der Waals surface area contributed by atoms with Crippen LogP contribution in [0, 0.1) is 0 Å². The molecule has 0 saturated carbocycles. The molecule has 0 aliphatic rings. The Labute approximate surface area is 170 Å². The third-order valence-corrected chi connectivity index (χ3v) is 4.12. The minimum absolute atomic E-state index is 0.226. The molecule has 0 fully saturated rings. The van der Waals surface area contributed by atoms with E-state index in [1.807, 2.05) is 0 Å². The number of unbranched alkanes of at least 4 members (excludes halogenated alkanes) is 1. The summed E-state index contributed by atoms with van der Waals surface area (Å²) in [6.45, 7) is 2.64. The molecule has 2 N–H and O–H groups in total. The van der Waals surface area contributed by atoms with Crippen molar-refractivity contribution in [3.8, 4) is 23.0 Å². The first-order chi connectivity index (χ1) is 14.0. The number of rotatable bonds is 9. The molecule has 2 amide bonds. The fraction of sp³-hybridized carbons (Fsp3) is 0.333. The molecule has 2 rings (SSSR count). The van der Waals surface area contributed by atoms with E-state index < -0.39 is 11.8 Å². The van der Waals surface area contributed by atoms with Crippen LogP contribution in [0.3, 0.4) is 0 Å². The van der Waals surface area contributed by atoms with Gasteiger partial charge in [0.15, 0.2) is 23.0 Å². The summed E-state index contributed by atoms with van der Waals surface area (Å²) in [5, 5.41) is 0. The SMILES string of the molecule is CCCCOc1ccc(C(=O)NNC(=O)c2cccc(OC)c2OC)cc1OC. The Morgan fingerprint density at radius 2 is 1.59 bits per heavy atom. The van der Waals surface area contributed by atoms with Crippen molar-refractivity contribution in [3.63, 3.8) is 0 Å². The molecule has 0 aliphatic heterocycles. The van der Waals surface area contributed by atoms with Gasteiger partial charge < -0.3 is 18.9 Å². The molecule has 29 heavy (non-hydrogen) atoms. The molecule has 8 heteroatoms. The molecule has 0 aliphatic carbocycles. The number of benzene rings is 2. The average Bonchev–Trinajstić information content (AvgIpc) is 2.76. The lowest BCUT2D eigenvalue weighted by Gasteiger charge is -2.14. The van der Waals surface area contributed by atoms with Crippen molar-refractivity contribution in [1.82, 2.24) is 10.9 Å². The van der Waals surface area contributed by atoms with Crippen LogP contribution in [-0.4, -0.2) is 39.8 Å². The number of methoxy groups -OCH3 is 3. The third-order valence-electron chi connectivity index (χ3n) is 4.12. The number of ether oxygens (including phenoxy) is 4. The largest absolute Gasteiger partial charge is 0.493 e. The van der Waals surface area contributed by atoms with Gasteiger partial charge in [-0.15, -0.1) is 0 Å². The summed E-state index contributed by atoms with van der Waals surface area (Å²) in [5.74, 6) is 0.642. The van der Waals surface area contributed by atoms with Crippen molar-refractivity contribution in [1.29, 1.82) is 0 Å². The van der Waals surface area contributed by atoms with Crippen molar-refractivity contribution in [2.45, 2.75) is 19.8 Å². The van der Waals surface area contributed by atoms with Crippen LogP contribution in [0.4, 0.5) is 0 Å². The molecule has 8 nitrogen and oxygen atoms in total. The Hall–Kier alpha value is -3.42. The summed E-state index contributed by atoms with van der Waals surface area (Å²) in [6.07, 6.45) is 1.94. The molecular formula is C21H26N2O6. The maximum atomic E-state index is 12.4. The van der Waals surface area contributed by atoms with Crippen LogP contribution >= 0.6 is 0 Å². The maximum absolute atomic E-state index is 12.4. The minimum Gasteiger partial charge on any atom is -0.493 e. The molecule has 156 valence electrons. The van der Waals surface area contributed by atoms with Gasteiger partial charge >= 0.3 is 0 Å². The maximum Gasteiger partial charge on any atom is 0.273 e. The smallest absolute Gasteiger partial charge is 0.273 e. The average molecular weight is 402 g/mol. The van der Waals surface area contributed by atoms with Crippen LogP contribution in [0.1, 0.15) is 40.5 Å². The lowest BCUT2D eigenvalue weighted by Crippen LogP contribution is -2.41. The second kappa shape index (κ2) is 10.8. The van der Waals surface area contributed by atoms with E-state index in [0.717, 1.165) is 12.8 Å². The van der Waals surface area contributed by atoms with Gasteiger partial charge in [-0.2, -0.15) is 0 Å². The van der Waals surface area contributed by atoms with Crippen molar-refractivity contribution in [2.75, 3.05) is 27.9 Å². The summed E-state index contributed by atoms with van der Waals surface area (Å²) in [4.78, 5) is 24.9. The predicted octanol–water partition coefficient (Wildman–Crippen LogP) is 2.97. The molecule has 0 atom stereocenters. The fourth-order valence-electron chi connectivity index (χ4n) is 2.57. The van der Waals surface area contributed by atoms with Gasteiger partial charge in [-0.05, 0) is 36.8 Å². The third kappa shape index (κ3) is 5.54. The van der Waals surface area contributed by atoms with Crippen LogP contribution in [0.2, 0.25) is 0 Å². The molecule has 2 aromatic rings. The molecule has 0 unspecified atom stereocenters. The Bertz CT molecular complexity index is 853. The molecule has 0 heterocycles. The monoisotopic (exact) mass is 402 g/mol. The van der Waals surface area contributed by atoms with Gasteiger partial charge in [0.2, 0.25) is 0 Å². The van der Waals surface area contributed by atoms with E-state index in [4.69, 9.17) is 18.9 Å². The van der Waals surface area contributed by atoms with E-state index in [9.17, 15) is 9.59 Å². The van der Waals surface area contributed by atoms with Gasteiger partial charge in [0.05, 0.1) is 33.5 Å². The lowest BCUT2D eigenvalue weighted by molar-refractivity contribution is 0.0844. The molecule has 0 spiro atoms. The Balaban J connectivity index is 2.06. The van der Waals surface area contributed by atoms with Crippen LogP contribution < -0.4 is 29.8 Å². The highest BCUT2D eigenvalue weighted by molar-refractivity contribution is 6.01. The van der Waals surface area contributed by atoms with Gasteiger partial charge in [-0.25, -0.2) is 0 Å². The van der Waals surface area contributed by atoms with Gasteiger partial charge in [0.25, 0.3) is 11.8 Å². The van der Waals surface area contributed by atoms with E-state index in [2.05, 4.69) is 17.8 Å². The first kappa shape index (κ1) is 21.9. The minimum atomic E-state index is -0.541. The van der Waals surface area contributed by atoms with E-state index >= 15 is 0 Å². The predicted molar refractivity (Wildman–Crippen MR) is 108 cm³/mol. The van der Waals surface area contributed by atoms with Crippen LogP contribution in [0.25, 0.3) is 0 Å². The molecule has 0 aromatic heterocycles. The van der Waals surface area contributed by atoms with Gasteiger partial charge in [-0.1, -0.05) is 19.4 Å². The molecule has 0 bridgehead atoms. The summed E-state index contributed by atoms with van der Waals surface area (Å²) < 4.78 is 21.4. The van der Waals surface area contributed by atoms with Crippen molar-refractivity contribution in [3.05, 3.63) is 47.5 Å². The first-order valence-electron chi connectivity index (χ1n) is 9.18. The second-order valence-corrected chi connectivity index (χ2v) is 6.02. The summed E-state index contributed by atoms with van der Waals surface area (Å²) in [6, 6.07) is 9.70. The van der Waals surface area contributed by atoms with Gasteiger partial charge in [-0.3, -0.25) is 20.4 Å². The van der Waals surface area contributed by atoms with Crippen molar-refractivity contribution in [2.24, 2.45) is 0 Å². The lowest BCUT2D eigenvalue weighted by atomic mass is 10.1. The number of hydrogen-bond donors (Lipinski definition) is 2. The number of carbonyl (C=O) groups excluding carboxylic acids is 2. The van der Waals surface area contributed by atoms with E-state index in [1.54, 1.807) is 36.4 Å². The molecular weight excluding hydrogens is 376 g/mol. The topological polar surface area (TPSA) is 95.1 Å². The van der Waals surface area contributed by atoms with Crippen LogP contribution in [-0.2, 0) is 0 Å². The molecule has 0 saturated heterocycles. The fourth-order valence-corrected chi connectivity index (χ4v) is 2.57. The zero-order valence-electron chi connectivity index (χ0n) is 17.0. The standard InChI is InChI=1S/C21H26N2O6/c1-5-6-12-29-16-11-10-14(13-18(16)27-3)20(24)22-23-21(25)15-8-7-9-17(26-2)19(15)28-4/h7-11,13H,5-6,12H2,1-4H3,(H,22,24)(H,23,25). The summed E-state index contributed by atoms with van der Waals surface area (Å²) in [5.41, 5.74) is 5.28. The summed E-state index contributed by atoms with van der Waals surface area (Å²) in [7, 11) is 4.41. The Morgan fingerprint density at radius 3 is 2.24 bits per heavy atom. The van der Waals surface area contributed by atoms with E-state index in [0.29, 0.717) is 29.4 Å². The zero-order chi connectivity index (χ0) is 21.2. The van der Waals surface area contributed by atoms with Crippen molar-refractivity contribution >= 4 is 11.8 Å². The zero-order valence-corrected chi connectivity index (χ0v) is 17.0. The van der Waals surface area contributed by atoms with Crippen LogP contribution in [0.5, 0.6) is 23.0 Å². The number of hydrazine groups is 1. The summed E-state index contributed by atoms with van der Waals surface area (Å²) >= 11 is 0.